The maximum absolute atomic E-state index is 13.2. The Morgan fingerprint density at radius 1 is 1.28 bits per heavy atom. The first kappa shape index (κ1) is 15.7. The number of aromatic nitrogens is 3. The fourth-order valence-electron chi connectivity index (χ4n) is 3.66. The third-order valence-electron chi connectivity index (χ3n) is 4.77. The average molecular weight is 338 g/mol. The molecule has 2 aromatic heterocycles. The molecule has 0 radical (unpaired) electrons. The Kier molecular flexibility index (Phi) is 3.39. The molecule has 0 fully saturated rings. The Morgan fingerprint density at radius 3 is 2.68 bits per heavy atom. The minimum absolute atomic E-state index is 0.0130. The van der Waals surface area contributed by atoms with Gasteiger partial charge >= 0.3 is 0 Å². The van der Waals surface area contributed by atoms with Crippen molar-refractivity contribution in [2.24, 2.45) is 0 Å². The molecule has 1 aliphatic rings. The number of anilines is 1. The van der Waals surface area contributed by atoms with Crippen molar-refractivity contribution in [3.63, 3.8) is 0 Å². The van der Waals surface area contributed by atoms with Crippen molar-refractivity contribution in [2.75, 3.05) is 11.4 Å². The molecule has 0 saturated heterocycles. The number of nitrogens with zero attached hydrogens (tertiary/aromatic N) is 4. The number of pyridine rings is 1. The number of carbonyl (C=O) groups is 1. The highest BCUT2D eigenvalue weighted by Gasteiger charge is 2.40. The summed E-state index contributed by atoms with van der Waals surface area (Å²) in [4.78, 5) is 18.3. The molecule has 0 saturated carbocycles. The van der Waals surface area contributed by atoms with E-state index < -0.39 is 0 Å². The van der Waals surface area contributed by atoms with Gasteiger partial charge in [0.05, 0.1) is 11.4 Å². The van der Waals surface area contributed by atoms with Gasteiger partial charge in [-0.05, 0) is 23.8 Å². The van der Waals surface area contributed by atoms with Gasteiger partial charge in [-0.1, -0.05) is 26.0 Å². The lowest BCUT2D eigenvalue weighted by atomic mass is 9.90. The topological polar surface area (TPSA) is 50.5 Å². The van der Waals surface area contributed by atoms with Gasteiger partial charge in [0, 0.05) is 30.9 Å². The van der Waals surface area contributed by atoms with Crippen LogP contribution in [0.3, 0.4) is 0 Å². The monoisotopic (exact) mass is 338 g/mol. The first-order valence-electron chi connectivity index (χ1n) is 8.25. The Bertz CT molecular complexity index is 975. The van der Waals surface area contributed by atoms with E-state index in [0.29, 0.717) is 13.0 Å². The van der Waals surface area contributed by atoms with Crippen LogP contribution in [0.4, 0.5) is 10.1 Å². The molecule has 0 aliphatic carbocycles. The van der Waals surface area contributed by atoms with Crippen molar-refractivity contribution < 1.29 is 9.18 Å². The van der Waals surface area contributed by atoms with Gasteiger partial charge in [0.15, 0.2) is 5.65 Å². The van der Waals surface area contributed by atoms with Crippen LogP contribution < -0.4 is 4.90 Å². The predicted molar refractivity (Wildman–Crippen MR) is 93.2 cm³/mol. The van der Waals surface area contributed by atoms with E-state index in [1.807, 2.05) is 10.6 Å². The first-order valence-corrected chi connectivity index (χ1v) is 8.25. The van der Waals surface area contributed by atoms with E-state index >= 15 is 0 Å². The number of hydrogen-bond donors (Lipinski definition) is 0. The lowest BCUT2D eigenvalue weighted by Gasteiger charge is -2.19. The van der Waals surface area contributed by atoms with Crippen molar-refractivity contribution in [3.05, 3.63) is 59.3 Å². The standard InChI is InChI=1S/C19H19FN4O/c1-12(25)23-10-19(2,3)17-16(23)9-14(18-21-11-22-24(17)18)8-13-4-6-15(20)7-5-13/h4-7,9,11H,8,10H2,1-3H3. The van der Waals surface area contributed by atoms with Gasteiger partial charge in [-0.25, -0.2) is 13.9 Å². The average Bonchev–Trinajstić information content (AvgIpc) is 3.12. The molecule has 0 unspecified atom stereocenters. The number of carbonyl (C=O) groups excluding carboxylic acids is 1. The lowest BCUT2D eigenvalue weighted by Crippen LogP contribution is -2.32. The van der Waals surface area contributed by atoms with Crippen molar-refractivity contribution in [2.45, 2.75) is 32.6 Å². The number of benzene rings is 1. The molecule has 0 bridgehead atoms. The smallest absolute Gasteiger partial charge is 0.223 e. The first-order chi connectivity index (χ1) is 11.9. The second-order valence-electron chi connectivity index (χ2n) is 7.19. The highest BCUT2D eigenvalue weighted by molar-refractivity contribution is 5.94. The largest absolute Gasteiger partial charge is 0.310 e. The van der Waals surface area contributed by atoms with E-state index in [1.54, 1.807) is 24.0 Å². The molecule has 0 atom stereocenters. The van der Waals surface area contributed by atoms with Crippen LogP contribution in [0.5, 0.6) is 0 Å². The quantitative estimate of drug-likeness (QED) is 0.721. The Hall–Kier alpha value is -2.76. The number of amides is 1. The minimum atomic E-state index is -0.255. The summed E-state index contributed by atoms with van der Waals surface area (Å²) in [6.45, 7) is 6.41. The second kappa shape index (κ2) is 5.37. The summed E-state index contributed by atoms with van der Waals surface area (Å²) in [7, 11) is 0. The Morgan fingerprint density at radius 2 is 2.00 bits per heavy atom. The van der Waals surface area contributed by atoms with Gasteiger partial charge in [-0.15, -0.1) is 0 Å². The van der Waals surface area contributed by atoms with Gasteiger partial charge in [0.1, 0.15) is 12.1 Å². The maximum atomic E-state index is 13.2. The van der Waals surface area contributed by atoms with Crippen LogP contribution in [0.2, 0.25) is 0 Å². The third kappa shape index (κ3) is 2.49. The molecule has 3 heterocycles. The molecule has 1 aliphatic heterocycles. The van der Waals surface area contributed by atoms with Crippen LogP contribution in [-0.4, -0.2) is 27.0 Å². The molecule has 3 aromatic rings. The summed E-state index contributed by atoms with van der Waals surface area (Å²) in [6, 6.07) is 8.46. The van der Waals surface area contributed by atoms with E-state index in [-0.39, 0.29) is 17.1 Å². The summed E-state index contributed by atoms with van der Waals surface area (Å²) in [5.74, 6) is -0.242. The van der Waals surface area contributed by atoms with E-state index in [9.17, 15) is 9.18 Å². The van der Waals surface area contributed by atoms with Crippen LogP contribution >= 0.6 is 0 Å². The molecule has 0 spiro atoms. The third-order valence-corrected chi connectivity index (χ3v) is 4.77. The normalized spacial score (nSPS) is 15.6. The van der Waals surface area contributed by atoms with Crippen LogP contribution in [0.1, 0.15) is 37.6 Å². The molecular weight excluding hydrogens is 319 g/mol. The molecule has 0 N–H and O–H groups in total. The van der Waals surface area contributed by atoms with Gasteiger partial charge < -0.3 is 4.90 Å². The molecule has 6 heteroatoms. The van der Waals surface area contributed by atoms with E-state index in [4.69, 9.17) is 0 Å². The van der Waals surface area contributed by atoms with Gasteiger partial charge in [0.2, 0.25) is 5.91 Å². The molecule has 25 heavy (non-hydrogen) atoms. The summed E-state index contributed by atoms with van der Waals surface area (Å²) in [5, 5.41) is 4.40. The second-order valence-corrected chi connectivity index (χ2v) is 7.19. The lowest BCUT2D eigenvalue weighted by molar-refractivity contribution is -0.116. The highest BCUT2D eigenvalue weighted by atomic mass is 19.1. The van der Waals surface area contributed by atoms with Crippen LogP contribution in [0.15, 0.2) is 36.7 Å². The van der Waals surface area contributed by atoms with Crippen molar-refractivity contribution in [1.82, 2.24) is 14.6 Å². The zero-order valence-electron chi connectivity index (χ0n) is 14.5. The van der Waals surface area contributed by atoms with Gasteiger partial charge in [-0.3, -0.25) is 4.79 Å². The SMILES string of the molecule is CC(=O)N1CC(C)(C)c2c1cc(Cc1ccc(F)cc1)c1ncnn21. The molecule has 1 aromatic carbocycles. The number of hydrogen-bond acceptors (Lipinski definition) is 3. The van der Waals surface area contributed by atoms with Crippen molar-refractivity contribution in [1.29, 1.82) is 0 Å². The number of fused-ring (bicyclic) bond motifs is 3. The van der Waals surface area contributed by atoms with Crippen LogP contribution in [-0.2, 0) is 16.6 Å². The minimum Gasteiger partial charge on any atom is -0.310 e. The highest BCUT2D eigenvalue weighted by Crippen LogP contribution is 2.41. The predicted octanol–water partition coefficient (Wildman–Crippen LogP) is 3.10. The number of halogens is 1. The van der Waals surface area contributed by atoms with E-state index in [2.05, 4.69) is 23.9 Å². The van der Waals surface area contributed by atoms with Crippen LogP contribution in [0.25, 0.3) is 5.65 Å². The zero-order chi connectivity index (χ0) is 17.8. The Balaban J connectivity index is 1.90. The van der Waals surface area contributed by atoms with Crippen LogP contribution in [0, 0.1) is 5.82 Å². The molecule has 5 nitrogen and oxygen atoms in total. The zero-order valence-corrected chi connectivity index (χ0v) is 14.5. The van der Waals surface area contributed by atoms with E-state index in [1.165, 1.54) is 18.5 Å². The maximum Gasteiger partial charge on any atom is 0.223 e. The molecular formula is C19H19FN4O. The summed E-state index contributed by atoms with van der Waals surface area (Å²) < 4.78 is 15.0. The Labute approximate surface area is 145 Å². The summed E-state index contributed by atoms with van der Waals surface area (Å²) >= 11 is 0. The summed E-state index contributed by atoms with van der Waals surface area (Å²) in [5.41, 5.74) is 4.40. The van der Waals surface area contributed by atoms with Gasteiger partial charge in [0.25, 0.3) is 0 Å². The van der Waals surface area contributed by atoms with Gasteiger partial charge in [-0.2, -0.15) is 5.10 Å². The van der Waals surface area contributed by atoms with Crippen molar-refractivity contribution in [3.8, 4) is 0 Å². The number of rotatable bonds is 2. The molecule has 128 valence electrons. The fraction of sp³-hybridized carbons (Fsp3) is 0.316. The molecule has 1 amide bonds. The fourth-order valence-corrected chi connectivity index (χ4v) is 3.66. The van der Waals surface area contributed by atoms with E-state index in [0.717, 1.165) is 28.2 Å². The molecule has 4 rings (SSSR count). The van der Waals surface area contributed by atoms with Crippen molar-refractivity contribution >= 4 is 17.2 Å². The summed E-state index contributed by atoms with van der Waals surface area (Å²) in [6.07, 6.45) is 2.14.